The third-order valence-electron chi connectivity index (χ3n) is 4.26. The molecule has 0 aromatic rings. The molecule has 1 heterocycles. The van der Waals surface area contributed by atoms with Crippen LogP contribution in [0.25, 0.3) is 0 Å². The average molecular weight is 253 g/mol. The van der Waals surface area contributed by atoms with Crippen LogP contribution in [0.5, 0.6) is 0 Å². The Morgan fingerprint density at radius 2 is 1.72 bits per heavy atom. The predicted octanol–water partition coefficient (Wildman–Crippen LogP) is 2.98. The molecule has 2 fully saturated rings. The highest BCUT2D eigenvalue weighted by molar-refractivity contribution is 5.76. The molecule has 2 aliphatic rings. The molecule has 0 unspecified atom stereocenters. The number of amides is 1. The molecule has 1 amide bonds. The maximum atomic E-state index is 12.2. The predicted molar refractivity (Wildman–Crippen MR) is 72.4 cm³/mol. The third kappa shape index (κ3) is 3.98. The molecule has 0 N–H and O–H groups in total. The topological polar surface area (TPSA) is 29.5 Å². The van der Waals surface area contributed by atoms with Crippen molar-refractivity contribution in [2.75, 3.05) is 13.1 Å². The van der Waals surface area contributed by atoms with Gasteiger partial charge in [0.15, 0.2) is 0 Å². The van der Waals surface area contributed by atoms with Crippen molar-refractivity contribution >= 4 is 5.91 Å². The Kier molecular flexibility index (Phi) is 5.04. The zero-order chi connectivity index (χ0) is 13.0. The molecule has 104 valence electrons. The quantitative estimate of drug-likeness (QED) is 0.774. The van der Waals surface area contributed by atoms with Gasteiger partial charge in [0.1, 0.15) is 0 Å². The van der Waals surface area contributed by atoms with Crippen LogP contribution in [0.4, 0.5) is 0 Å². The van der Waals surface area contributed by atoms with Gasteiger partial charge < -0.3 is 9.64 Å². The number of morpholine rings is 1. The summed E-state index contributed by atoms with van der Waals surface area (Å²) in [6, 6.07) is 0. The first-order chi connectivity index (χ1) is 8.65. The van der Waals surface area contributed by atoms with Crippen molar-refractivity contribution in [1.82, 2.24) is 4.90 Å². The van der Waals surface area contributed by atoms with E-state index in [2.05, 4.69) is 13.8 Å². The summed E-state index contributed by atoms with van der Waals surface area (Å²) >= 11 is 0. The van der Waals surface area contributed by atoms with Gasteiger partial charge in [-0.05, 0) is 26.2 Å². The first-order valence-electron chi connectivity index (χ1n) is 7.58. The lowest BCUT2D eigenvalue weighted by atomic mass is 9.86. The number of hydrogen-bond acceptors (Lipinski definition) is 2. The Morgan fingerprint density at radius 3 is 2.33 bits per heavy atom. The molecule has 0 radical (unpaired) electrons. The normalized spacial score (nSPS) is 30.4. The van der Waals surface area contributed by atoms with E-state index >= 15 is 0 Å². The first-order valence-corrected chi connectivity index (χ1v) is 7.58. The molecule has 0 aromatic carbocycles. The molecule has 0 aromatic heterocycles. The van der Waals surface area contributed by atoms with Crippen LogP contribution >= 0.6 is 0 Å². The van der Waals surface area contributed by atoms with Crippen LogP contribution in [-0.4, -0.2) is 36.1 Å². The molecule has 3 heteroatoms. The minimum atomic E-state index is 0.187. The van der Waals surface area contributed by atoms with E-state index in [4.69, 9.17) is 4.74 Å². The van der Waals surface area contributed by atoms with E-state index in [9.17, 15) is 4.79 Å². The summed E-state index contributed by atoms with van der Waals surface area (Å²) < 4.78 is 5.67. The number of hydrogen-bond donors (Lipinski definition) is 0. The van der Waals surface area contributed by atoms with Gasteiger partial charge in [-0.15, -0.1) is 0 Å². The fourth-order valence-corrected chi connectivity index (χ4v) is 3.34. The highest BCUT2D eigenvalue weighted by atomic mass is 16.5. The number of carbonyl (C=O) groups is 1. The average Bonchev–Trinajstić information content (AvgIpc) is 2.36. The SMILES string of the molecule is C[C@H]1CN(C(=O)CCC2CCCCC2)C[C@H](C)O1. The number of nitrogens with zero attached hydrogens (tertiary/aromatic N) is 1. The monoisotopic (exact) mass is 253 g/mol. The lowest BCUT2D eigenvalue weighted by molar-refractivity contribution is -0.143. The van der Waals surface area contributed by atoms with Gasteiger partial charge in [0.05, 0.1) is 12.2 Å². The maximum absolute atomic E-state index is 12.2. The fourth-order valence-electron chi connectivity index (χ4n) is 3.34. The van der Waals surface area contributed by atoms with Gasteiger partial charge in [0, 0.05) is 19.5 Å². The summed E-state index contributed by atoms with van der Waals surface area (Å²) in [5, 5.41) is 0. The molecule has 1 aliphatic carbocycles. The summed E-state index contributed by atoms with van der Waals surface area (Å²) in [4.78, 5) is 14.2. The molecule has 18 heavy (non-hydrogen) atoms. The zero-order valence-corrected chi connectivity index (χ0v) is 11.9. The molecule has 2 rings (SSSR count). The van der Waals surface area contributed by atoms with Gasteiger partial charge in [-0.3, -0.25) is 4.79 Å². The Hall–Kier alpha value is -0.570. The van der Waals surface area contributed by atoms with Crippen LogP contribution < -0.4 is 0 Å². The Balaban J connectivity index is 1.73. The molecular weight excluding hydrogens is 226 g/mol. The maximum Gasteiger partial charge on any atom is 0.222 e. The van der Waals surface area contributed by atoms with E-state index in [1.54, 1.807) is 0 Å². The van der Waals surface area contributed by atoms with Crippen molar-refractivity contribution in [3.8, 4) is 0 Å². The van der Waals surface area contributed by atoms with Crippen molar-refractivity contribution < 1.29 is 9.53 Å². The van der Waals surface area contributed by atoms with E-state index in [1.165, 1.54) is 32.1 Å². The largest absolute Gasteiger partial charge is 0.372 e. The molecule has 1 saturated carbocycles. The molecule has 3 nitrogen and oxygen atoms in total. The summed E-state index contributed by atoms with van der Waals surface area (Å²) in [5.41, 5.74) is 0. The van der Waals surface area contributed by atoms with Crippen LogP contribution in [0.3, 0.4) is 0 Å². The smallest absolute Gasteiger partial charge is 0.222 e. The lowest BCUT2D eigenvalue weighted by Crippen LogP contribution is -2.48. The highest BCUT2D eigenvalue weighted by Gasteiger charge is 2.26. The summed E-state index contributed by atoms with van der Waals surface area (Å²) in [6.07, 6.45) is 9.01. The van der Waals surface area contributed by atoms with Crippen molar-refractivity contribution in [3.05, 3.63) is 0 Å². The second-order valence-corrected chi connectivity index (χ2v) is 6.10. The highest BCUT2D eigenvalue weighted by Crippen LogP contribution is 2.27. The van der Waals surface area contributed by atoms with Crippen molar-refractivity contribution in [2.24, 2.45) is 5.92 Å². The van der Waals surface area contributed by atoms with Crippen LogP contribution in [0.15, 0.2) is 0 Å². The van der Waals surface area contributed by atoms with Crippen molar-refractivity contribution in [1.29, 1.82) is 0 Å². The van der Waals surface area contributed by atoms with Crippen LogP contribution in [0.2, 0.25) is 0 Å². The number of ether oxygens (including phenoxy) is 1. The second-order valence-electron chi connectivity index (χ2n) is 6.10. The van der Waals surface area contributed by atoms with E-state index in [0.29, 0.717) is 5.91 Å². The molecule has 0 bridgehead atoms. The van der Waals surface area contributed by atoms with Gasteiger partial charge in [0.25, 0.3) is 0 Å². The van der Waals surface area contributed by atoms with E-state index in [1.807, 2.05) is 4.90 Å². The number of carbonyl (C=O) groups excluding carboxylic acids is 1. The first kappa shape index (κ1) is 13.9. The summed E-state index contributed by atoms with van der Waals surface area (Å²) in [5.74, 6) is 1.14. The Labute approximate surface area is 111 Å². The third-order valence-corrected chi connectivity index (χ3v) is 4.26. The minimum absolute atomic E-state index is 0.187. The van der Waals surface area contributed by atoms with Crippen LogP contribution in [0.1, 0.15) is 58.8 Å². The number of rotatable bonds is 3. The summed E-state index contributed by atoms with van der Waals surface area (Å²) in [7, 11) is 0. The van der Waals surface area contributed by atoms with E-state index in [-0.39, 0.29) is 12.2 Å². The molecule has 1 aliphatic heterocycles. The zero-order valence-electron chi connectivity index (χ0n) is 11.9. The van der Waals surface area contributed by atoms with Gasteiger partial charge >= 0.3 is 0 Å². The minimum Gasteiger partial charge on any atom is -0.372 e. The Bertz CT molecular complexity index is 264. The standard InChI is InChI=1S/C15H27NO2/c1-12-10-16(11-13(2)18-12)15(17)9-8-14-6-4-3-5-7-14/h12-14H,3-11H2,1-2H3/t12-,13-/m0/s1. The van der Waals surface area contributed by atoms with Crippen LogP contribution in [-0.2, 0) is 9.53 Å². The molecular formula is C15H27NO2. The molecule has 2 atom stereocenters. The van der Waals surface area contributed by atoms with Gasteiger partial charge in [-0.2, -0.15) is 0 Å². The Morgan fingerprint density at radius 1 is 1.11 bits per heavy atom. The fraction of sp³-hybridized carbons (Fsp3) is 0.933. The van der Waals surface area contributed by atoms with Crippen molar-refractivity contribution in [3.63, 3.8) is 0 Å². The lowest BCUT2D eigenvalue weighted by Gasteiger charge is -2.35. The van der Waals surface area contributed by atoms with Crippen molar-refractivity contribution in [2.45, 2.75) is 71.0 Å². The second kappa shape index (κ2) is 6.55. The van der Waals surface area contributed by atoms with Gasteiger partial charge in [-0.1, -0.05) is 32.1 Å². The van der Waals surface area contributed by atoms with Gasteiger partial charge in [0.2, 0.25) is 5.91 Å². The van der Waals surface area contributed by atoms with Crippen LogP contribution in [0, 0.1) is 5.92 Å². The summed E-state index contributed by atoms with van der Waals surface area (Å²) in [6.45, 7) is 5.65. The molecule has 1 saturated heterocycles. The van der Waals surface area contributed by atoms with Gasteiger partial charge in [-0.25, -0.2) is 0 Å². The van der Waals surface area contributed by atoms with E-state index in [0.717, 1.165) is 31.8 Å². The van der Waals surface area contributed by atoms with E-state index < -0.39 is 0 Å². The molecule has 0 spiro atoms.